The minimum atomic E-state index is -0.361. The van der Waals surface area contributed by atoms with Crippen LogP contribution in [0.4, 0.5) is 5.69 Å². The van der Waals surface area contributed by atoms with E-state index in [1.165, 1.54) is 25.3 Å². The number of nitrogens with zero attached hydrogens (tertiary/aromatic N) is 3. The Balaban J connectivity index is 1.23. The highest BCUT2D eigenvalue weighted by Gasteiger charge is 2.54. The SMILES string of the molecule is O=C(NN=CC1=C(N2CCOCC2)/C(=C/c2cccc([N+](=O)[O-])c2)CC1)C12CC3CC(CC(C3)C1)C2. The first-order chi connectivity index (χ1) is 17.5. The van der Waals surface area contributed by atoms with E-state index >= 15 is 0 Å². The molecule has 7 rings (SSSR count). The van der Waals surface area contributed by atoms with Gasteiger partial charge in [0.2, 0.25) is 5.91 Å². The summed E-state index contributed by atoms with van der Waals surface area (Å²) in [6.45, 7) is 2.92. The highest BCUT2D eigenvalue weighted by molar-refractivity contribution is 5.87. The van der Waals surface area contributed by atoms with Crippen molar-refractivity contribution < 1.29 is 14.5 Å². The number of hydrogen-bond acceptors (Lipinski definition) is 6. The van der Waals surface area contributed by atoms with Crippen molar-refractivity contribution in [2.45, 2.75) is 51.4 Å². The van der Waals surface area contributed by atoms with E-state index in [0.29, 0.717) is 13.2 Å². The summed E-state index contributed by atoms with van der Waals surface area (Å²) in [6.07, 6.45) is 12.5. The van der Waals surface area contributed by atoms with Crippen molar-refractivity contribution in [2.24, 2.45) is 28.3 Å². The van der Waals surface area contributed by atoms with E-state index < -0.39 is 0 Å². The van der Waals surface area contributed by atoms with Gasteiger partial charge in [0.1, 0.15) is 0 Å². The second-order valence-corrected chi connectivity index (χ2v) is 11.4. The fourth-order valence-corrected chi connectivity index (χ4v) is 7.78. The lowest BCUT2D eigenvalue weighted by atomic mass is 9.49. The van der Waals surface area contributed by atoms with E-state index in [4.69, 9.17) is 4.74 Å². The third-order valence-corrected chi connectivity index (χ3v) is 8.93. The van der Waals surface area contributed by atoms with Crippen molar-refractivity contribution in [3.63, 3.8) is 0 Å². The number of morpholine rings is 1. The largest absolute Gasteiger partial charge is 0.378 e. The number of non-ortho nitro benzene ring substituents is 1. The predicted molar refractivity (Wildman–Crippen MR) is 137 cm³/mol. The Morgan fingerprint density at radius 1 is 1.11 bits per heavy atom. The van der Waals surface area contributed by atoms with Gasteiger partial charge in [0.25, 0.3) is 5.69 Å². The number of carbonyl (C=O) groups excluding carboxylic acids is 1. The Hall–Kier alpha value is -3.00. The van der Waals surface area contributed by atoms with Crippen LogP contribution in [0.2, 0.25) is 0 Å². The molecule has 8 nitrogen and oxygen atoms in total. The summed E-state index contributed by atoms with van der Waals surface area (Å²) in [5.74, 6) is 2.27. The molecule has 1 saturated heterocycles. The maximum atomic E-state index is 13.3. The first kappa shape index (κ1) is 23.4. The summed E-state index contributed by atoms with van der Waals surface area (Å²) in [5.41, 5.74) is 6.99. The molecule has 6 aliphatic rings. The first-order valence-electron chi connectivity index (χ1n) is 13.3. The molecule has 4 bridgehead atoms. The van der Waals surface area contributed by atoms with Gasteiger partial charge in [-0.25, -0.2) is 5.43 Å². The van der Waals surface area contributed by atoms with Gasteiger partial charge in [0.15, 0.2) is 0 Å². The summed E-state index contributed by atoms with van der Waals surface area (Å²) >= 11 is 0. The molecule has 1 heterocycles. The normalized spacial score (nSPS) is 32.6. The lowest BCUT2D eigenvalue weighted by Gasteiger charge is -2.55. The summed E-state index contributed by atoms with van der Waals surface area (Å²) in [6, 6.07) is 6.75. The van der Waals surface area contributed by atoms with E-state index in [-0.39, 0.29) is 21.9 Å². The molecule has 1 aromatic carbocycles. The molecule has 36 heavy (non-hydrogen) atoms. The fourth-order valence-electron chi connectivity index (χ4n) is 7.78. The van der Waals surface area contributed by atoms with Crippen LogP contribution in [0.5, 0.6) is 0 Å². The smallest absolute Gasteiger partial charge is 0.270 e. The van der Waals surface area contributed by atoms with Gasteiger partial charge in [0, 0.05) is 30.9 Å². The van der Waals surface area contributed by atoms with E-state index in [1.54, 1.807) is 12.1 Å². The highest BCUT2D eigenvalue weighted by atomic mass is 16.6. The van der Waals surface area contributed by atoms with E-state index in [9.17, 15) is 14.9 Å². The van der Waals surface area contributed by atoms with Gasteiger partial charge in [-0.3, -0.25) is 14.9 Å². The lowest BCUT2D eigenvalue weighted by Crippen LogP contribution is -2.52. The number of nitro benzene ring substituents is 1. The molecule has 8 heteroatoms. The van der Waals surface area contributed by atoms with Crippen molar-refractivity contribution in [2.75, 3.05) is 26.3 Å². The van der Waals surface area contributed by atoms with E-state index in [0.717, 1.165) is 85.4 Å². The van der Waals surface area contributed by atoms with Crippen molar-refractivity contribution in [3.05, 3.63) is 56.8 Å². The number of nitrogens with one attached hydrogen (secondary N) is 1. The van der Waals surface area contributed by atoms with Crippen LogP contribution >= 0.6 is 0 Å². The molecule has 0 unspecified atom stereocenters. The van der Waals surface area contributed by atoms with Crippen LogP contribution in [0.25, 0.3) is 6.08 Å². The zero-order valence-electron chi connectivity index (χ0n) is 20.7. The number of hydrogen-bond donors (Lipinski definition) is 1. The standard InChI is InChI=1S/C28H34N4O4/c33-27(28-15-20-10-21(16-28)12-22(11-20)17-28)30-29-18-24-5-4-23(26(24)31-6-8-36-9-7-31)13-19-2-1-3-25(14-19)32(34)35/h1-3,13-14,18,20-22H,4-12,15-17H2,(H,30,33)/b23-13+,29-18?. The number of rotatable bonds is 6. The van der Waals surface area contributed by atoms with Gasteiger partial charge in [-0.1, -0.05) is 12.1 Å². The first-order valence-corrected chi connectivity index (χ1v) is 13.3. The Labute approximate surface area is 211 Å². The van der Waals surface area contributed by atoms with Gasteiger partial charge < -0.3 is 9.64 Å². The number of nitro groups is 1. The second-order valence-electron chi connectivity index (χ2n) is 11.4. The molecule has 1 aliphatic heterocycles. The van der Waals surface area contributed by atoms with Crippen molar-refractivity contribution in [1.82, 2.24) is 10.3 Å². The topological polar surface area (TPSA) is 97.1 Å². The van der Waals surface area contributed by atoms with Crippen LogP contribution in [-0.4, -0.2) is 48.2 Å². The number of carbonyl (C=O) groups is 1. The maximum absolute atomic E-state index is 13.3. The maximum Gasteiger partial charge on any atom is 0.270 e. The molecule has 190 valence electrons. The molecule has 1 amide bonds. The van der Waals surface area contributed by atoms with Crippen LogP contribution in [0, 0.1) is 33.3 Å². The quantitative estimate of drug-likeness (QED) is 0.355. The zero-order valence-corrected chi connectivity index (χ0v) is 20.7. The molecular weight excluding hydrogens is 456 g/mol. The highest BCUT2D eigenvalue weighted by Crippen LogP contribution is 2.60. The average molecular weight is 491 g/mol. The number of hydrazone groups is 1. The van der Waals surface area contributed by atoms with Crippen molar-refractivity contribution >= 4 is 23.9 Å². The molecule has 4 saturated carbocycles. The van der Waals surface area contributed by atoms with Crippen molar-refractivity contribution in [1.29, 1.82) is 0 Å². The molecule has 0 aromatic heterocycles. The molecule has 5 aliphatic carbocycles. The number of benzene rings is 1. The van der Waals surface area contributed by atoms with Gasteiger partial charge in [0.05, 0.1) is 29.8 Å². The fraction of sp³-hybridized carbons (Fsp3) is 0.571. The molecule has 0 atom stereocenters. The molecular formula is C28H34N4O4. The van der Waals surface area contributed by atoms with Gasteiger partial charge in [-0.05, 0) is 91.9 Å². The van der Waals surface area contributed by atoms with Gasteiger partial charge in [-0.2, -0.15) is 5.10 Å². The Bertz CT molecular complexity index is 1110. The van der Waals surface area contributed by atoms with Crippen molar-refractivity contribution in [3.8, 4) is 0 Å². The number of allylic oxidation sites excluding steroid dienone is 2. The minimum Gasteiger partial charge on any atom is -0.378 e. The Morgan fingerprint density at radius 2 is 1.81 bits per heavy atom. The van der Waals surface area contributed by atoms with E-state index in [2.05, 4.69) is 15.4 Å². The van der Waals surface area contributed by atoms with Crippen LogP contribution < -0.4 is 5.43 Å². The van der Waals surface area contributed by atoms with Crippen LogP contribution in [0.3, 0.4) is 0 Å². The summed E-state index contributed by atoms with van der Waals surface area (Å²) in [4.78, 5) is 26.5. The lowest BCUT2D eigenvalue weighted by molar-refractivity contribution is -0.384. The average Bonchev–Trinajstić information content (AvgIpc) is 3.26. The Kier molecular flexibility index (Phi) is 6.15. The van der Waals surface area contributed by atoms with E-state index in [1.807, 2.05) is 18.4 Å². The molecule has 0 spiro atoms. The summed E-state index contributed by atoms with van der Waals surface area (Å²) in [5, 5.41) is 15.7. The third-order valence-electron chi connectivity index (χ3n) is 8.93. The predicted octanol–water partition coefficient (Wildman–Crippen LogP) is 4.68. The second kappa shape index (κ2) is 9.47. The monoisotopic (exact) mass is 490 g/mol. The molecule has 5 fully saturated rings. The third kappa shape index (κ3) is 4.47. The zero-order chi connectivity index (χ0) is 24.7. The van der Waals surface area contributed by atoms with Crippen LogP contribution in [-0.2, 0) is 9.53 Å². The number of amides is 1. The molecule has 0 radical (unpaired) electrons. The number of ether oxygens (including phenoxy) is 1. The van der Waals surface area contributed by atoms with Crippen LogP contribution in [0.1, 0.15) is 56.9 Å². The van der Waals surface area contributed by atoms with Crippen LogP contribution in [0.15, 0.2) is 46.2 Å². The minimum absolute atomic E-state index is 0.0911. The Morgan fingerprint density at radius 3 is 2.47 bits per heavy atom. The molecule has 1 aromatic rings. The summed E-state index contributed by atoms with van der Waals surface area (Å²) in [7, 11) is 0. The van der Waals surface area contributed by atoms with Gasteiger partial charge >= 0.3 is 0 Å². The molecule has 1 N–H and O–H groups in total. The summed E-state index contributed by atoms with van der Waals surface area (Å²) < 4.78 is 5.57. The van der Waals surface area contributed by atoms with Gasteiger partial charge in [-0.15, -0.1) is 0 Å².